The van der Waals surface area contributed by atoms with E-state index in [1.54, 1.807) is 0 Å². The summed E-state index contributed by atoms with van der Waals surface area (Å²) < 4.78 is 0.396. The Balaban J connectivity index is 2.18. The van der Waals surface area contributed by atoms with Crippen LogP contribution in [0.3, 0.4) is 0 Å². The van der Waals surface area contributed by atoms with Gasteiger partial charge in [-0.1, -0.05) is 27.7 Å². The lowest BCUT2D eigenvalue weighted by Gasteiger charge is -2.27. The van der Waals surface area contributed by atoms with E-state index in [-0.39, 0.29) is 0 Å². The van der Waals surface area contributed by atoms with Gasteiger partial charge in [0.05, 0.1) is 0 Å². The highest BCUT2D eigenvalue weighted by Crippen LogP contribution is 2.33. The monoisotopic (exact) mass is 307 g/mol. The summed E-state index contributed by atoms with van der Waals surface area (Å²) in [6.07, 6.45) is 3.28. The molecule has 21 heavy (non-hydrogen) atoms. The second-order valence-corrected chi connectivity index (χ2v) is 8.64. The smallest absolute Gasteiger partial charge is 0.0445 e. The average Bonchev–Trinajstić information content (AvgIpc) is 2.58. The third kappa shape index (κ3) is 4.89. The molecule has 0 atom stereocenters. The zero-order chi connectivity index (χ0) is 15.5. The molecule has 2 rings (SSSR count). The maximum atomic E-state index is 4.49. The van der Waals surface area contributed by atoms with Crippen molar-refractivity contribution in [2.24, 2.45) is 0 Å². The molecular formula is C17H29N3S. The minimum Gasteiger partial charge on any atom is -0.370 e. The Morgan fingerprint density at radius 1 is 1.38 bits per heavy atom. The van der Waals surface area contributed by atoms with Gasteiger partial charge in [0.2, 0.25) is 0 Å². The summed E-state index contributed by atoms with van der Waals surface area (Å²) in [6.45, 7) is 14.3. The van der Waals surface area contributed by atoms with Crippen LogP contribution >= 0.6 is 11.8 Å². The van der Waals surface area contributed by atoms with Gasteiger partial charge in [0.1, 0.15) is 0 Å². The van der Waals surface area contributed by atoms with E-state index < -0.39 is 0 Å². The van der Waals surface area contributed by atoms with Gasteiger partial charge < -0.3 is 10.2 Å². The first-order chi connectivity index (χ1) is 9.87. The van der Waals surface area contributed by atoms with E-state index in [0.717, 1.165) is 25.3 Å². The molecule has 1 aromatic heterocycles. The number of aryl methyl sites for hydroxylation is 1. The third-order valence-corrected chi connectivity index (χ3v) is 5.35. The van der Waals surface area contributed by atoms with Gasteiger partial charge >= 0.3 is 0 Å². The van der Waals surface area contributed by atoms with Crippen LogP contribution in [0.2, 0.25) is 0 Å². The molecule has 2 heterocycles. The molecular weight excluding hydrogens is 278 g/mol. The van der Waals surface area contributed by atoms with Crippen molar-refractivity contribution in [2.75, 3.05) is 23.7 Å². The fourth-order valence-corrected chi connectivity index (χ4v) is 3.68. The Hall–Kier alpha value is -0.740. The molecule has 1 saturated heterocycles. The number of rotatable bonds is 4. The molecule has 0 saturated carbocycles. The molecule has 0 radical (unpaired) electrons. The molecule has 0 unspecified atom stereocenters. The predicted octanol–water partition coefficient (Wildman–Crippen LogP) is 3.61. The Morgan fingerprint density at radius 3 is 2.86 bits per heavy atom. The summed E-state index contributed by atoms with van der Waals surface area (Å²) in [6, 6.07) is 2.75. The largest absolute Gasteiger partial charge is 0.370 e. The van der Waals surface area contributed by atoms with Gasteiger partial charge in [-0.05, 0) is 19.4 Å². The van der Waals surface area contributed by atoms with Crippen molar-refractivity contribution in [3.63, 3.8) is 0 Å². The quantitative estimate of drug-likeness (QED) is 0.920. The number of pyridine rings is 1. The Kier molecular flexibility index (Phi) is 5.55. The topological polar surface area (TPSA) is 28.2 Å². The van der Waals surface area contributed by atoms with Crippen LogP contribution in [0.25, 0.3) is 0 Å². The second-order valence-electron chi connectivity index (χ2n) is 6.84. The van der Waals surface area contributed by atoms with Gasteiger partial charge in [-0.25, -0.2) is 0 Å². The van der Waals surface area contributed by atoms with Crippen LogP contribution in [0.15, 0.2) is 12.3 Å². The number of anilines is 1. The summed E-state index contributed by atoms with van der Waals surface area (Å²) >= 11 is 2.10. The summed E-state index contributed by atoms with van der Waals surface area (Å²) in [5, 5.41) is 3.52. The summed E-state index contributed by atoms with van der Waals surface area (Å²) in [7, 11) is 0. The third-order valence-electron chi connectivity index (χ3n) is 3.98. The van der Waals surface area contributed by atoms with Gasteiger partial charge in [0.15, 0.2) is 0 Å². The van der Waals surface area contributed by atoms with Crippen molar-refractivity contribution < 1.29 is 0 Å². The molecule has 0 spiro atoms. The summed E-state index contributed by atoms with van der Waals surface area (Å²) in [5.41, 5.74) is 3.79. The Bertz CT molecular complexity index is 471. The van der Waals surface area contributed by atoms with Gasteiger partial charge in [0, 0.05) is 59.3 Å². The molecule has 4 heteroatoms. The molecule has 0 amide bonds. The zero-order valence-electron chi connectivity index (χ0n) is 14.1. The number of aromatic nitrogens is 1. The standard InChI is InChI=1S/C17H29N3S/c1-13(2)18-11-15-12-19-14(3)10-16(15)20-7-6-17(4,5)21-9-8-20/h10,12-13,18H,6-9,11H2,1-5H3. The van der Waals surface area contributed by atoms with Gasteiger partial charge in [-0.2, -0.15) is 11.8 Å². The van der Waals surface area contributed by atoms with Gasteiger partial charge in [-0.15, -0.1) is 0 Å². The SMILES string of the molecule is Cc1cc(N2CCSC(C)(C)CC2)c(CNC(C)C)cn1. The number of nitrogens with one attached hydrogen (secondary N) is 1. The lowest BCUT2D eigenvalue weighted by molar-refractivity contribution is 0.585. The van der Waals surface area contributed by atoms with Crippen LogP contribution in [-0.4, -0.2) is 34.6 Å². The Morgan fingerprint density at radius 2 is 2.14 bits per heavy atom. The maximum absolute atomic E-state index is 4.49. The molecule has 0 bridgehead atoms. The molecule has 1 fully saturated rings. The molecule has 118 valence electrons. The fourth-order valence-electron chi connectivity index (χ4n) is 2.58. The highest BCUT2D eigenvalue weighted by atomic mass is 32.2. The van der Waals surface area contributed by atoms with Crippen molar-refractivity contribution in [3.8, 4) is 0 Å². The van der Waals surface area contributed by atoms with Crippen molar-refractivity contribution >= 4 is 17.4 Å². The van der Waals surface area contributed by atoms with Crippen molar-refractivity contribution in [1.82, 2.24) is 10.3 Å². The highest BCUT2D eigenvalue weighted by Gasteiger charge is 2.24. The molecule has 1 aromatic rings. The maximum Gasteiger partial charge on any atom is 0.0445 e. The average molecular weight is 308 g/mol. The zero-order valence-corrected chi connectivity index (χ0v) is 14.9. The van der Waals surface area contributed by atoms with Crippen LogP contribution in [0.5, 0.6) is 0 Å². The Labute approximate surface area is 133 Å². The minimum atomic E-state index is 0.396. The normalized spacial score (nSPS) is 18.9. The first-order valence-corrected chi connectivity index (χ1v) is 8.94. The van der Waals surface area contributed by atoms with Gasteiger partial charge in [-0.3, -0.25) is 4.98 Å². The van der Waals surface area contributed by atoms with Crippen LogP contribution in [0.1, 0.15) is 45.4 Å². The molecule has 1 aliphatic rings. The summed E-state index contributed by atoms with van der Waals surface area (Å²) in [5.74, 6) is 1.20. The molecule has 1 N–H and O–H groups in total. The molecule has 1 aliphatic heterocycles. The van der Waals surface area contributed by atoms with Crippen molar-refractivity contribution in [1.29, 1.82) is 0 Å². The van der Waals surface area contributed by atoms with E-state index in [2.05, 4.69) is 67.6 Å². The number of nitrogens with zero attached hydrogens (tertiary/aromatic N) is 2. The second kappa shape index (κ2) is 7.01. The van der Waals surface area contributed by atoms with E-state index in [9.17, 15) is 0 Å². The van der Waals surface area contributed by atoms with E-state index >= 15 is 0 Å². The number of thioether (sulfide) groups is 1. The summed E-state index contributed by atoms with van der Waals surface area (Å²) in [4.78, 5) is 7.04. The first-order valence-electron chi connectivity index (χ1n) is 7.95. The molecule has 0 aliphatic carbocycles. The van der Waals surface area contributed by atoms with Crippen LogP contribution < -0.4 is 10.2 Å². The highest BCUT2D eigenvalue weighted by molar-refractivity contribution is 8.00. The lowest BCUT2D eigenvalue weighted by Crippen LogP contribution is -2.30. The first kappa shape index (κ1) is 16.6. The van der Waals surface area contributed by atoms with Gasteiger partial charge in [0.25, 0.3) is 0 Å². The van der Waals surface area contributed by atoms with Crippen molar-refractivity contribution in [2.45, 2.75) is 58.4 Å². The van der Waals surface area contributed by atoms with Crippen LogP contribution in [0, 0.1) is 6.92 Å². The van der Waals surface area contributed by atoms with E-state index in [1.807, 2.05) is 6.20 Å². The van der Waals surface area contributed by atoms with E-state index in [0.29, 0.717) is 10.8 Å². The molecule has 0 aromatic carbocycles. The lowest BCUT2D eigenvalue weighted by atomic mass is 10.1. The van der Waals surface area contributed by atoms with Crippen LogP contribution in [0.4, 0.5) is 5.69 Å². The molecule has 3 nitrogen and oxygen atoms in total. The van der Waals surface area contributed by atoms with Crippen LogP contribution in [-0.2, 0) is 6.54 Å². The minimum absolute atomic E-state index is 0.396. The van der Waals surface area contributed by atoms with Crippen molar-refractivity contribution in [3.05, 3.63) is 23.5 Å². The number of hydrogen-bond donors (Lipinski definition) is 1. The predicted molar refractivity (Wildman–Crippen MR) is 94.3 cm³/mol. The number of hydrogen-bond acceptors (Lipinski definition) is 4. The van der Waals surface area contributed by atoms with E-state index in [4.69, 9.17) is 0 Å². The fraction of sp³-hybridized carbons (Fsp3) is 0.706. The van der Waals surface area contributed by atoms with E-state index in [1.165, 1.54) is 23.4 Å².